The van der Waals surface area contributed by atoms with Gasteiger partial charge in [0.15, 0.2) is 0 Å². The van der Waals surface area contributed by atoms with Crippen molar-refractivity contribution >= 4 is 22.6 Å². The van der Waals surface area contributed by atoms with Gasteiger partial charge in [-0.05, 0) is 56.7 Å². The molecule has 6 heteroatoms. The first-order valence-electron chi connectivity index (χ1n) is 9.37. The van der Waals surface area contributed by atoms with Crippen LogP contribution >= 0.6 is 0 Å². The van der Waals surface area contributed by atoms with Crippen LogP contribution in [0, 0.1) is 5.92 Å². The van der Waals surface area contributed by atoms with E-state index in [0.29, 0.717) is 12.0 Å². The Labute approximate surface area is 148 Å². The van der Waals surface area contributed by atoms with Crippen molar-refractivity contribution in [2.75, 3.05) is 25.1 Å². The first-order valence-corrected chi connectivity index (χ1v) is 9.37. The van der Waals surface area contributed by atoms with Gasteiger partial charge >= 0.3 is 6.03 Å². The van der Waals surface area contributed by atoms with Gasteiger partial charge in [-0.2, -0.15) is 5.10 Å². The zero-order valence-electron chi connectivity index (χ0n) is 14.8. The topological polar surface area (TPSA) is 59.4 Å². The maximum Gasteiger partial charge on any atom is 0.322 e. The monoisotopic (exact) mass is 342 g/mol. The van der Waals surface area contributed by atoms with Gasteiger partial charge in [0.05, 0.1) is 11.7 Å². The standard InChI is InChI=1S/C19H26N4O2/c1-2-23-18-12-16(6-5-15(18)13-20-23)21-19(24)22-9-3-4-17(22)14-7-10-25-11-8-14/h5-6,12-14,17H,2-4,7-11H2,1H3,(H,21,24). The minimum absolute atomic E-state index is 0.0240. The number of aromatic nitrogens is 2. The molecule has 2 saturated heterocycles. The lowest BCUT2D eigenvalue weighted by Gasteiger charge is -2.34. The molecule has 4 rings (SSSR count). The van der Waals surface area contributed by atoms with E-state index in [1.165, 1.54) is 0 Å². The highest BCUT2D eigenvalue weighted by Crippen LogP contribution is 2.31. The molecule has 0 aliphatic carbocycles. The summed E-state index contributed by atoms with van der Waals surface area (Å²) in [7, 11) is 0. The number of likely N-dealkylation sites (tertiary alicyclic amines) is 1. The SMILES string of the molecule is CCn1ncc2ccc(NC(=O)N3CCCC3C3CCOCC3)cc21. The summed E-state index contributed by atoms with van der Waals surface area (Å²) in [5, 5.41) is 8.57. The van der Waals surface area contributed by atoms with Crippen LogP contribution in [0.3, 0.4) is 0 Å². The fraction of sp³-hybridized carbons (Fsp3) is 0.579. The third-order valence-corrected chi connectivity index (χ3v) is 5.57. The molecule has 134 valence electrons. The van der Waals surface area contributed by atoms with Crippen molar-refractivity contribution < 1.29 is 9.53 Å². The second-order valence-corrected chi connectivity index (χ2v) is 7.02. The number of nitrogens with zero attached hydrogens (tertiary/aromatic N) is 3. The number of amides is 2. The van der Waals surface area contributed by atoms with Crippen LogP contribution in [0.1, 0.15) is 32.6 Å². The quantitative estimate of drug-likeness (QED) is 0.929. The zero-order valence-corrected chi connectivity index (χ0v) is 14.8. The lowest BCUT2D eigenvalue weighted by atomic mass is 9.90. The summed E-state index contributed by atoms with van der Waals surface area (Å²) in [6.07, 6.45) is 6.20. The molecule has 2 amide bonds. The first kappa shape index (κ1) is 16.4. The minimum atomic E-state index is 0.0240. The molecule has 2 aromatic rings. The molecule has 0 saturated carbocycles. The first-order chi connectivity index (χ1) is 12.3. The predicted octanol–water partition coefficient (Wildman–Crippen LogP) is 3.48. The largest absolute Gasteiger partial charge is 0.381 e. The van der Waals surface area contributed by atoms with E-state index in [1.807, 2.05) is 34.0 Å². The van der Waals surface area contributed by atoms with Gasteiger partial charge in [0.25, 0.3) is 0 Å². The van der Waals surface area contributed by atoms with Crippen molar-refractivity contribution in [1.29, 1.82) is 0 Å². The fourth-order valence-corrected chi connectivity index (χ4v) is 4.23. The van der Waals surface area contributed by atoms with Crippen LogP contribution in [-0.4, -0.2) is 46.5 Å². The van der Waals surface area contributed by atoms with Crippen LogP contribution in [0.15, 0.2) is 24.4 Å². The van der Waals surface area contributed by atoms with Gasteiger partial charge in [-0.25, -0.2) is 4.79 Å². The van der Waals surface area contributed by atoms with Crippen molar-refractivity contribution in [3.8, 4) is 0 Å². The number of benzene rings is 1. The van der Waals surface area contributed by atoms with Crippen LogP contribution in [0.4, 0.5) is 10.5 Å². The van der Waals surface area contributed by atoms with Gasteiger partial charge in [0.1, 0.15) is 0 Å². The van der Waals surface area contributed by atoms with Crippen molar-refractivity contribution in [3.05, 3.63) is 24.4 Å². The summed E-state index contributed by atoms with van der Waals surface area (Å²) >= 11 is 0. The molecule has 0 bridgehead atoms. The number of nitrogens with one attached hydrogen (secondary N) is 1. The third kappa shape index (κ3) is 3.23. The number of hydrogen-bond acceptors (Lipinski definition) is 3. The number of ether oxygens (including phenoxy) is 1. The lowest BCUT2D eigenvalue weighted by molar-refractivity contribution is 0.0429. The smallest absolute Gasteiger partial charge is 0.322 e. The van der Waals surface area contributed by atoms with Crippen LogP contribution in [0.2, 0.25) is 0 Å². The zero-order chi connectivity index (χ0) is 17.2. The Morgan fingerprint density at radius 2 is 2.16 bits per heavy atom. The molecular weight excluding hydrogens is 316 g/mol. The molecule has 2 aliphatic heterocycles. The summed E-state index contributed by atoms with van der Waals surface area (Å²) in [4.78, 5) is 14.9. The van der Waals surface area contributed by atoms with E-state index in [1.54, 1.807) is 0 Å². The normalized spacial score (nSPS) is 21.8. The highest BCUT2D eigenvalue weighted by molar-refractivity contribution is 5.92. The number of carbonyl (C=O) groups excluding carboxylic acids is 1. The predicted molar refractivity (Wildman–Crippen MR) is 97.7 cm³/mol. The van der Waals surface area contributed by atoms with Crippen molar-refractivity contribution in [2.24, 2.45) is 5.92 Å². The number of carbonyl (C=O) groups is 1. The van der Waals surface area contributed by atoms with Crippen LogP contribution in [0.25, 0.3) is 10.9 Å². The number of fused-ring (bicyclic) bond motifs is 1. The highest BCUT2D eigenvalue weighted by Gasteiger charge is 2.35. The molecule has 0 radical (unpaired) electrons. The van der Waals surface area contributed by atoms with E-state index in [2.05, 4.69) is 17.3 Å². The Bertz CT molecular complexity index is 751. The lowest BCUT2D eigenvalue weighted by Crippen LogP contribution is -2.44. The van der Waals surface area contributed by atoms with E-state index >= 15 is 0 Å². The number of anilines is 1. The van der Waals surface area contributed by atoms with E-state index in [9.17, 15) is 4.79 Å². The summed E-state index contributed by atoms with van der Waals surface area (Å²) in [5.41, 5.74) is 1.90. The molecule has 2 fully saturated rings. The molecule has 1 N–H and O–H groups in total. The number of aryl methyl sites for hydroxylation is 1. The average molecular weight is 342 g/mol. The summed E-state index contributed by atoms with van der Waals surface area (Å²) in [6.45, 7) is 5.39. The Morgan fingerprint density at radius 1 is 1.32 bits per heavy atom. The fourth-order valence-electron chi connectivity index (χ4n) is 4.23. The Hall–Kier alpha value is -2.08. The second kappa shape index (κ2) is 7.04. The van der Waals surface area contributed by atoms with E-state index < -0.39 is 0 Å². The number of hydrogen-bond donors (Lipinski definition) is 1. The molecule has 1 unspecified atom stereocenters. The third-order valence-electron chi connectivity index (χ3n) is 5.57. The Kier molecular flexibility index (Phi) is 4.61. The molecule has 1 atom stereocenters. The van der Waals surface area contributed by atoms with Gasteiger partial charge in [-0.15, -0.1) is 0 Å². The maximum atomic E-state index is 12.9. The van der Waals surface area contributed by atoms with Gasteiger partial charge in [-0.3, -0.25) is 4.68 Å². The minimum Gasteiger partial charge on any atom is -0.381 e. The van der Waals surface area contributed by atoms with Crippen molar-refractivity contribution in [2.45, 2.75) is 45.2 Å². The van der Waals surface area contributed by atoms with Crippen molar-refractivity contribution in [1.82, 2.24) is 14.7 Å². The van der Waals surface area contributed by atoms with E-state index in [0.717, 1.165) is 68.6 Å². The number of urea groups is 1. The van der Waals surface area contributed by atoms with Gasteiger partial charge in [0, 0.05) is 43.4 Å². The van der Waals surface area contributed by atoms with E-state index in [-0.39, 0.29) is 6.03 Å². The molecule has 2 aliphatic rings. The molecular formula is C19H26N4O2. The van der Waals surface area contributed by atoms with Crippen LogP contribution < -0.4 is 5.32 Å². The molecule has 0 spiro atoms. The molecule has 6 nitrogen and oxygen atoms in total. The van der Waals surface area contributed by atoms with Gasteiger partial charge < -0.3 is 15.0 Å². The summed E-state index contributed by atoms with van der Waals surface area (Å²) in [5.74, 6) is 0.575. The van der Waals surface area contributed by atoms with E-state index in [4.69, 9.17) is 4.74 Å². The van der Waals surface area contributed by atoms with Crippen molar-refractivity contribution in [3.63, 3.8) is 0 Å². The maximum absolute atomic E-state index is 12.9. The Morgan fingerprint density at radius 3 is 2.96 bits per heavy atom. The van der Waals surface area contributed by atoms with Gasteiger partial charge in [0.2, 0.25) is 0 Å². The highest BCUT2D eigenvalue weighted by atomic mass is 16.5. The Balaban J connectivity index is 1.49. The summed E-state index contributed by atoms with van der Waals surface area (Å²) in [6, 6.07) is 6.37. The molecule has 25 heavy (non-hydrogen) atoms. The summed E-state index contributed by atoms with van der Waals surface area (Å²) < 4.78 is 7.43. The second-order valence-electron chi connectivity index (χ2n) is 7.02. The number of rotatable bonds is 3. The van der Waals surface area contributed by atoms with Crippen LogP contribution in [0.5, 0.6) is 0 Å². The molecule has 1 aromatic carbocycles. The molecule has 1 aromatic heterocycles. The van der Waals surface area contributed by atoms with Gasteiger partial charge in [-0.1, -0.05) is 0 Å². The molecule has 3 heterocycles. The van der Waals surface area contributed by atoms with Crippen LogP contribution in [-0.2, 0) is 11.3 Å². The average Bonchev–Trinajstić information content (AvgIpc) is 3.29.